The van der Waals surface area contributed by atoms with Crippen molar-refractivity contribution in [1.29, 1.82) is 0 Å². The molecule has 17 heavy (non-hydrogen) atoms. The molecule has 1 aromatic carbocycles. The molecule has 2 aliphatic carbocycles. The summed E-state index contributed by atoms with van der Waals surface area (Å²) >= 11 is 7.92. The Labute approximate surface area is 120 Å². The molecule has 0 saturated heterocycles. The molecule has 2 aliphatic rings. The number of hydrogen-bond donors (Lipinski definition) is 0. The molecule has 2 unspecified atom stereocenters. The lowest BCUT2D eigenvalue weighted by Crippen LogP contribution is -2.16. The quantitative estimate of drug-likeness (QED) is 0.590. The van der Waals surface area contributed by atoms with E-state index >= 15 is 0 Å². The number of alkyl halides is 2. The molecule has 0 N–H and O–H groups in total. The van der Waals surface area contributed by atoms with Gasteiger partial charge in [-0.25, -0.2) is 0 Å². The summed E-state index contributed by atoms with van der Waals surface area (Å²) in [6.07, 6.45) is 8.24. The van der Waals surface area contributed by atoms with Crippen molar-refractivity contribution in [3.63, 3.8) is 0 Å². The highest BCUT2D eigenvalue weighted by molar-refractivity contribution is 9.25. The lowest BCUT2D eigenvalue weighted by atomic mass is 9.84. The summed E-state index contributed by atoms with van der Waals surface area (Å²) in [6.45, 7) is 0. The second-order valence-electron chi connectivity index (χ2n) is 5.47. The van der Waals surface area contributed by atoms with Gasteiger partial charge in [0.15, 0.2) is 0 Å². The third kappa shape index (κ3) is 1.74. The zero-order chi connectivity index (χ0) is 11.9. The summed E-state index contributed by atoms with van der Waals surface area (Å²) in [4.78, 5) is 0. The Kier molecular flexibility index (Phi) is 3.15. The Morgan fingerprint density at radius 3 is 2.41 bits per heavy atom. The molecule has 0 amide bonds. The van der Waals surface area contributed by atoms with Gasteiger partial charge in [-0.1, -0.05) is 87.9 Å². The van der Waals surface area contributed by atoms with Crippen LogP contribution in [-0.4, -0.2) is 3.23 Å². The summed E-state index contributed by atoms with van der Waals surface area (Å²) in [5, 5.41) is 0. The normalized spacial score (nSPS) is 35.5. The van der Waals surface area contributed by atoms with E-state index in [1.165, 1.54) is 44.1 Å². The number of hydrogen-bond acceptors (Lipinski definition) is 0. The molecule has 2 atom stereocenters. The number of rotatable bonds is 1. The van der Waals surface area contributed by atoms with Gasteiger partial charge in [0.1, 0.15) is 0 Å². The molecule has 92 valence electrons. The minimum absolute atomic E-state index is 0.151. The summed E-state index contributed by atoms with van der Waals surface area (Å²) in [7, 11) is 0. The average molecular weight is 358 g/mol. The standard InChI is InChI=1S/C15H18Br2/c16-15(17)13-10-6-1-2-7-11-14(13,15)12-8-4-3-5-9-12/h3-5,8-9,13H,1-2,6-7,10-11H2. The highest BCUT2D eigenvalue weighted by Gasteiger charge is 2.73. The van der Waals surface area contributed by atoms with Crippen LogP contribution in [0, 0.1) is 5.92 Å². The third-order valence-electron chi connectivity index (χ3n) is 4.65. The highest BCUT2D eigenvalue weighted by atomic mass is 79.9. The lowest BCUT2D eigenvalue weighted by Gasteiger charge is -2.21. The van der Waals surface area contributed by atoms with Gasteiger partial charge < -0.3 is 0 Å². The Balaban J connectivity index is 1.98. The molecule has 0 aliphatic heterocycles. The van der Waals surface area contributed by atoms with Crippen molar-refractivity contribution in [2.24, 2.45) is 5.92 Å². The molecule has 0 heterocycles. The van der Waals surface area contributed by atoms with E-state index in [9.17, 15) is 0 Å². The number of fused-ring (bicyclic) bond motifs is 1. The molecule has 0 spiro atoms. The van der Waals surface area contributed by atoms with E-state index in [2.05, 4.69) is 62.2 Å². The van der Waals surface area contributed by atoms with Crippen LogP contribution in [-0.2, 0) is 5.41 Å². The largest absolute Gasteiger partial charge is 0.0942 e. The van der Waals surface area contributed by atoms with Crippen molar-refractivity contribution in [2.45, 2.75) is 47.2 Å². The van der Waals surface area contributed by atoms with Crippen LogP contribution in [0.4, 0.5) is 0 Å². The Morgan fingerprint density at radius 2 is 1.65 bits per heavy atom. The van der Waals surface area contributed by atoms with Crippen molar-refractivity contribution in [3.05, 3.63) is 35.9 Å². The fourth-order valence-corrected chi connectivity index (χ4v) is 6.10. The Hall–Kier alpha value is 0.180. The zero-order valence-electron chi connectivity index (χ0n) is 9.96. The molecule has 0 bridgehead atoms. The van der Waals surface area contributed by atoms with Gasteiger partial charge in [-0.2, -0.15) is 0 Å². The minimum atomic E-state index is 0.151. The van der Waals surface area contributed by atoms with E-state index in [1.807, 2.05) is 0 Å². The molecular weight excluding hydrogens is 340 g/mol. The molecule has 2 fully saturated rings. The van der Waals surface area contributed by atoms with E-state index in [-0.39, 0.29) is 3.23 Å². The third-order valence-corrected chi connectivity index (χ3v) is 7.17. The van der Waals surface area contributed by atoms with Crippen molar-refractivity contribution in [3.8, 4) is 0 Å². The molecule has 2 heteroatoms. The minimum Gasteiger partial charge on any atom is -0.0714 e. The van der Waals surface area contributed by atoms with Crippen LogP contribution in [0.3, 0.4) is 0 Å². The van der Waals surface area contributed by atoms with E-state index in [4.69, 9.17) is 0 Å². The van der Waals surface area contributed by atoms with E-state index < -0.39 is 0 Å². The molecule has 0 nitrogen and oxygen atoms in total. The summed E-state index contributed by atoms with van der Waals surface area (Å²) in [5.74, 6) is 0.762. The van der Waals surface area contributed by atoms with Gasteiger partial charge in [0.2, 0.25) is 0 Å². The summed E-state index contributed by atoms with van der Waals surface area (Å²) in [6, 6.07) is 11.1. The van der Waals surface area contributed by atoms with Gasteiger partial charge in [-0.15, -0.1) is 0 Å². The Morgan fingerprint density at radius 1 is 0.941 bits per heavy atom. The van der Waals surface area contributed by atoms with Crippen molar-refractivity contribution in [2.75, 3.05) is 0 Å². The maximum absolute atomic E-state index is 3.96. The second-order valence-corrected chi connectivity index (χ2v) is 9.03. The van der Waals surface area contributed by atoms with E-state index in [0.29, 0.717) is 5.41 Å². The van der Waals surface area contributed by atoms with Gasteiger partial charge in [0.05, 0.1) is 3.23 Å². The first kappa shape index (κ1) is 12.2. The maximum atomic E-state index is 3.96. The zero-order valence-corrected chi connectivity index (χ0v) is 13.1. The molecule has 1 aromatic rings. The van der Waals surface area contributed by atoms with Crippen LogP contribution in [0.1, 0.15) is 44.1 Å². The van der Waals surface area contributed by atoms with Crippen LogP contribution in [0.5, 0.6) is 0 Å². The molecule has 0 radical (unpaired) electrons. The van der Waals surface area contributed by atoms with Crippen LogP contribution in [0.25, 0.3) is 0 Å². The molecule has 2 saturated carbocycles. The predicted octanol–water partition coefficient (Wildman–Crippen LogP) is 5.39. The van der Waals surface area contributed by atoms with Crippen molar-refractivity contribution < 1.29 is 0 Å². The topological polar surface area (TPSA) is 0 Å². The highest BCUT2D eigenvalue weighted by Crippen LogP contribution is 2.75. The fourth-order valence-electron chi connectivity index (χ4n) is 3.68. The van der Waals surface area contributed by atoms with Crippen LogP contribution in [0.2, 0.25) is 0 Å². The maximum Gasteiger partial charge on any atom is 0.0942 e. The van der Waals surface area contributed by atoms with Gasteiger partial charge in [-0.3, -0.25) is 0 Å². The summed E-state index contributed by atoms with van der Waals surface area (Å²) < 4.78 is 0.151. The fraction of sp³-hybridized carbons (Fsp3) is 0.600. The second kappa shape index (κ2) is 4.38. The van der Waals surface area contributed by atoms with Crippen molar-refractivity contribution in [1.82, 2.24) is 0 Å². The smallest absolute Gasteiger partial charge is 0.0714 e. The summed E-state index contributed by atoms with van der Waals surface area (Å²) in [5.41, 5.74) is 1.86. The molecular formula is C15H18Br2. The van der Waals surface area contributed by atoms with Crippen LogP contribution in [0.15, 0.2) is 30.3 Å². The average Bonchev–Trinajstić information content (AvgIpc) is 2.74. The van der Waals surface area contributed by atoms with Crippen molar-refractivity contribution >= 4 is 31.9 Å². The van der Waals surface area contributed by atoms with Gasteiger partial charge >= 0.3 is 0 Å². The van der Waals surface area contributed by atoms with Gasteiger partial charge in [0.25, 0.3) is 0 Å². The SMILES string of the molecule is BrC1(Br)C2CCCCCCC21c1ccccc1. The predicted molar refractivity (Wildman–Crippen MR) is 79.9 cm³/mol. The number of halogens is 2. The van der Waals surface area contributed by atoms with Gasteiger partial charge in [0, 0.05) is 5.41 Å². The monoisotopic (exact) mass is 356 g/mol. The molecule has 3 rings (SSSR count). The number of benzene rings is 1. The van der Waals surface area contributed by atoms with E-state index in [1.54, 1.807) is 0 Å². The first-order valence-corrected chi connectivity index (χ1v) is 8.21. The van der Waals surface area contributed by atoms with Crippen LogP contribution < -0.4 is 0 Å². The first-order valence-electron chi connectivity index (χ1n) is 6.63. The van der Waals surface area contributed by atoms with Crippen LogP contribution >= 0.6 is 31.9 Å². The first-order chi connectivity index (χ1) is 8.19. The van der Waals surface area contributed by atoms with Gasteiger partial charge in [-0.05, 0) is 24.3 Å². The Bertz CT molecular complexity index is 399. The molecule has 0 aromatic heterocycles. The van der Waals surface area contributed by atoms with E-state index in [0.717, 1.165) is 5.92 Å². The lowest BCUT2D eigenvalue weighted by molar-refractivity contribution is 0.442.